The van der Waals surface area contributed by atoms with Crippen molar-refractivity contribution in [2.45, 2.75) is 44.7 Å². The number of nitrogens with zero attached hydrogens (tertiary/aromatic N) is 4. The molecule has 0 aliphatic heterocycles. The fourth-order valence-electron chi connectivity index (χ4n) is 2.89. The van der Waals surface area contributed by atoms with E-state index >= 15 is 0 Å². The minimum Gasteiger partial charge on any atom is -0.342 e. The van der Waals surface area contributed by atoms with Crippen molar-refractivity contribution >= 4 is 5.91 Å². The second-order valence-corrected chi connectivity index (χ2v) is 5.26. The molecule has 1 aromatic heterocycles. The van der Waals surface area contributed by atoms with Crippen LogP contribution >= 0.6 is 0 Å². The predicted octanol–water partition coefficient (Wildman–Crippen LogP) is 0.644. The zero-order chi connectivity index (χ0) is 13.7. The molecule has 1 aromatic rings. The van der Waals surface area contributed by atoms with Crippen molar-refractivity contribution in [1.82, 2.24) is 19.7 Å². The Morgan fingerprint density at radius 3 is 2.95 bits per heavy atom. The van der Waals surface area contributed by atoms with Crippen molar-refractivity contribution in [3.63, 3.8) is 0 Å². The highest BCUT2D eigenvalue weighted by Crippen LogP contribution is 2.27. The number of nitrogens with two attached hydrogens (primary N) is 1. The number of carbonyl (C=O) groups excluding carboxylic acids is 1. The van der Waals surface area contributed by atoms with E-state index in [2.05, 4.69) is 10.1 Å². The Bertz CT molecular complexity index is 392. The lowest BCUT2D eigenvalue weighted by Crippen LogP contribution is -2.46. The smallest absolute Gasteiger partial charge is 0.224 e. The average Bonchev–Trinajstić information content (AvgIpc) is 2.97. The van der Waals surface area contributed by atoms with E-state index in [1.165, 1.54) is 19.2 Å². The van der Waals surface area contributed by atoms with Gasteiger partial charge in [0, 0.05) is 19.5 Å². The molecule has 0 bridgehead atoms. The van der Waals surface area contributed by atoms with Gasteiger partial charge in [0.15, 0.2) is 0 Å². The molecular formula is C13H23N5O. The minimum absolute atomic E-state index is 0.167. The molecule has 2 rings (SSSR count). The summed E-state index contributed by atoms with van der Waals surface area (Å²) < 4.78 is 1.69. The van der Waals surface area contributed by atoms with E-state index in [0.717, 1.165) is 12.8 Å². The highest BCUT2D eigenvalue weighted by atomic mass is 16.2. The molecule has 1 amide bonds. The lowest BCUT2D eigenvalue weighted by atomic mass is 9.83. The quantitative estimate of drug-likeness (QED) is 0.847. The van der Waals surface area contributed by atoms with Gasteiger partial charge in [0.05, 0.1) is 6.54 Å². The van der Waals surface area contributed by atoms with Crippen molar-refractivity contribution in [3.05, 3.63) is 12.7 Å². The van der Waals surface area contributed by atoms with Crippen molar-refractivity contribution in [1.29, 1.82) is 0 Å². The van der Waals surface area contributed by atoms with Crippen LogP contribution in [-0.4, -0.2) is 45.2 Å². The standard InChI is InChI=1S/C13H23N5O/c1-17(12-5-3-2-4-11(12)8-14)13(19)6-7-18-10-15-9-16-18/h9-12H,2-8,14H2,1H3. The van der Waals surface area contributed by atoms with Gasteiger partial charge in [-0.1, -0.05) is 12.8 Å². The molecule has 6 heteroatoms. The first kappa shape index (κ1) is 14.0. The molecule has 1 saturated carbocycles. The molecule has 19 heavy (non-hydrogen) atoms. The number of rotatable bonds is 5. The van der Waals surface area contributed by atoms with Crippen LogP contribution in [0.1, 0.15) is 32.1 Å². The third-order valence-electron chi connectivity index (χ3n) is 4.08. The zero-order valence-electron chi connectivity index (χ0n) is 11.5. The van der Waals surface area contributed by atoms with E-state index in [1.54, 1.807) is 11.0 Å². The minimum atomic E-state index is 0.167. The molecule has 2 atom stereocenters. The summed E-state index contributed by atoms with van der Waals surface area (Å²) in [4.78, 5) is 18.0. The van der Waals surface area contributed by atoms with Gasteiger partial charge in [-0.05, 0) is 25.3 Å². The van der Waals surface area contributed by atoms with Crippen LogP contribution < -0.4 is 5.73 Å². The molecule has 1 heterocycles. The summed E-state index contributed by atoms with van der Waals surface area (Å²) in [5.41, 5.74) is 5.82. The molecule has 1 aliphatic carbocycles. The predicted molar refractivity (Wildman–Crippen MR) is 72.2 cm³/mol. The number of aromatic nitrogens is 3. The van der Waals surface area contributed by atoms with Gasteiger partial charge in [-0.2, -0.15) is 5.10 Å². The first-order valence-electron chi connectivity index (χ1n) is 7.00. The Balaban J connectivity index is 1.86. The van der Waals surface area contributed by atoms with Crippen LogP contribution in [0.15, 0.2) is 12.7 Å². The number of carbonyl (C=O) groups is 1. The summed E-state index contributed by atoms with van der Waals surface area (Å²) >= 11 is 0. The van der Waals surface area contributed by atoms with Crippen molar-refractivity contribution in [3.8, 4) is 0 Å². The third kappa shape index (κ3) is 3.53. The fraction of sp³-hybridized carbons (Fsp3) is 0.769. The van der Waals surface area contributed by atoms with Crippen LogP contribution in [0, 0.1) is 5.92 Å². The second kappa shape index (κ2) is 6.65. The van der Waals surface area contributed by atoms with Crippen LogP contribution in [0.5, 0.6) is 0 Å². The highest BCUT2D eigenvalue weighted by Gasteiger charge is 2.29. The number of amides is 1. The van der Waals surface area contributed by atoms with Gasteiger partial charge in [-0.25, -0.2) is 4.98 Å². The van der Waals surface area contributed by atoms with Crippen molar-refractivity contribution in [2.24, 2.45) is 11.7 Å². The normalized spacial score (nSPS) is 23.3. The van der Waals surface area contributed by atoms with Gasteiger partial charge >= 0.3 is 0 Å². The maximum atomic E-state index is 12.2. The Labute approximate surface area is 114 Å². The van der Waals surface area contributed by atoms with E-state index in [9.17, 15) is 4.79 Å². The molecule has 0 aromatic carbocycles. The van der Waals surface area contributed by atoms with E-state index in [0.29, 0.717) is 31.5 Å². The van der Waals surface area contributed by atoms with Gasteiger partial charge in [0.1, 0.15) is 12.7 Å². The Hall–Kier alpha value is -1.43. The maximum absolute atomic E-state index is 12.2. The summed E-state index contributed by atoms with van der Waals surface area (Å²) in [5.74, 6) is 0.620. The molecule has 0 spiro atoms. The van der Waals surface area contributed by atoms with Crippen molar-refractivity contribution < 1.29 is 4.79 Å². The van der Waals surface area contributed by atoms with Gasteiger partial charge in [-0.15, -0.1) is 0 Å². The lowest BCUT2D eigenvalue weighted by molar-refractivity contribution is -0.133. The van der Waals surface area contributed by atoms with E-state index in [4.69, 9.17) is 5.73 Å². The summed E-state index contributed by atoms with van der Waals surface area (Å²) in [6.45, 7) is 1.26. The van der Waals surface area contributed by atoms with Crippen molar-refractivity contribution in [2.75, 3.05) is 13.6 Å². The first-order valence-corrected chi connectivity index (χ1v) is 7.00. The van der Waals surface area contributed by atoms with Crippen LogP contribution in [0.25, 0.3) is 0 Å². The van der Waals surface area contributed by atoms with E-state index < -0.39 is 0 Å². The summed E-state index contributed by atoms with van der Waals surface area (Å²) in [6, 6.07) is 0.307. The highest BCUT2D eigenvalue weighted by molar-refractivity contribution is 5.76. The SMILES string of the molecule is CN(C(=O)CCn1cncn1)C1CCCCC1CN. The molecule has 6 nitrogen and oxygen atoms in total. The molecule has 2 unspecified atom stereocenters. The number of aryl methyl sites for hydroxylation is 1. The molecule has 0 saturated heterocycles. The average molecular weight is 265 g/mol. The maximum Gasteiger partial charge on any atom is 0.224 e. The largest absolute Gasteiger partial charge is 0.342 e. The molecule has 0 radical (unpaired) electrons. The van der Waals surface area contributed by atoms with Gasteiger partial charge < -0.3 is 10.6 Å². The van der Waals surface area contributed by atoms with Gasteiger partial charge in [0.2, 0.25) is 5.91 Å². The number of hydrogen-bond donors (Lipinski definition) is 1. The summed E-state index contributed by atoms with van der Waals surface area (Å²) in [5, 5.41) is 4.01. The molecule has 2 N–H and O–H groups in total. The van der Waals surface area contributed by atoms with Gasteiger partial charge in [0.25, 0.3) is 0 Å². The fourth-order valence-corrected chi connectivity index (χ4v) is 2.89. The molecule has 1 fully saturated rings. The second-order valence-electron chi connectivity index (χ2n) is 5.26. The topological polar surface area (TPSA) is 77.0 Å². The molecule has 106 valence electrons. The van der Waals surface area contributed by atoms with Crippen LogP contribution in [0.2, 0.25) is 0 Å². The first-order chi connectivity index (χ1) is 9.22. The number of hydrogen-bond acceptors (Lipinski definition) is 4. The van der Waals surface area contributed by atoms with Crippen LogP contribution in [0.3, 0.4) is 0 Å². The van der Waals surface area contributed by atoms with Crippen LogP contribution in [-0.2, 0) is 11.3 Å². The summed E-state index contributed by atoms with van der Waals surface area (Å²) in [7, 11) is 1.91. The lowest BCUT2D eigenvalue weighted by Gasteiger charge is -2.37. The third-order valence-corrected chi connectivity index (χ3v) is 4.08. The zero-order valence-corrected chi connectivity index (χ0v) is 11.5. The molecule has 1 aliphatic rings. The Kier molecular flexibility index (Phi) is 4.90. The van der Waals surface area contributed by atoms with E-state index in [-0.39, 0.29) is 5.91 Å². The Morgan fingerprint density at radius 2 is 2.26 bits per heavy atom. The van der Waals surface area contributed by atoms with Crippen LogP contribution in [0.4, 0.5) is 0 Å². The monoisotopic (exact) mass is 265 g/mol. The Morgan fingerprint density at radius 1 is 1.47 bits per heavy atom. The molecular weight excluding hydrogens is 242 g/mol. The van der Waals surface area contributed by atoms with E-state index in [1.807, 2.05) is 11.9 Å². The summed E-state index contributed by atoms with van der Waals surface area (Å²) in [6.07, 6.45) is 8.24. The van der Waals surface area contributed by atoms with Gasteiger partial charge in [-0.3, -0.25) is 9.48 Å².